The van der Waals surface area contributed by atoms with Gasteiger partial charge in [-0.2, -0.15) is 0 Å². The smallest absolute Gasteiger partial charge is 0.0513 e. The molecule has 5 aliphatic heterocycles. The third kappa shape index (κ3) is 1.37. The van der Waals surface area contributed by atoms with Crippen molar-refractivity contribution in [1.29, 1.82) is 0 Å². The van der Waals surface area contributed by atoms with Crippen LogP contribution in [0, 0.1) is 5.92 Å². The summed E-state index contributed by atoms with van der Waals surface area (Å²) in [4.78, 5) is 8.07. The minimum atomic E-state index is 0.900. The van der Waals surface area contributed by atoms with Crippen molar-refractivity contribution in [2.45, 2.75) is 31.3 Å². The molecule has 6 rings (SSSR count). The van der Waals surface area contributed by atoms with E-state index in [2.05, 4.69) is 14.7 Å². The summed E-state index contributed by atoms with van der Waals surface area (Å²) in [5, 5.41) is 0. The van der Waals surface area contributed by atoms with Gasteiger partial charge in [0, 0.05) is 38.3 Å². The zero-order chi connectivity index (χ0) is 9.83. The Balaban J connectivity index is 1.38. The number of hydrogen-bond acceptors (Lipinski definition) is 3. The fraction of sp³-hybridized carbons (Fsp3) is 1.00. The lowest BCUT2D eigenvalue weighted by Gasteiger charge is -2.56. The molecule has 0 N–H and O–H groups in total. The minimum absolute atomic E-state index is 0.900. The molecule has 0 spiro atoms. The van der Waals surface area contributed by atoms with Gasteiger partial charge in [-0.25, -0.2) is 0 Å². The highest BCUT2D eigenvalue weighted by Gasteiger charge is 2.42. The van der Waals surface area contributed by atoms with Crippen LogP contribution >= 0.6 is 0 Å². The lowest BCUT2D eigenvalue weighted by atomic mass is 9.74. The molecule has 84 valence electrons. The molecule has 0 aromatic rings. The molecule has 0 aromatic carbocycles. The van der Waals surface area contributed by atoms with Crippen LogP contribution in [0.5, 0.6) is 0 Å². The van der Waals surface area contributed by atoms with Crippen LogP contribution in [-0.4, -0.2) is 66.2 Å². The van der Waals surface area contributed by atoms with Crippen LogP contribution in [0.25, 0.3) is 0 Å². The van der Waals surface area contributed by atoms with E-state index in [4.69, 9.17) is 0 Å². The first-order valence-corrected chi connectivity index (χ1v) is 6.59. The molecule has 3 nitrogen and oxygen atoms in total. The Labute approximate surface area is 92.0 Å². The zero-order valence-corrected chi connectivity index (χ0v) is 9.44. The third-order valence-electron chi connectivity index (χ3n) is 5.07. The fourth-order valence-electron chi connectivity index (χ4n) is 3.78. The maximum atomic E-state index is 2.76. The van der Waals surface area contributed by atoms with Gasteiger partial charge in [0.05, 0.1) is 6.67 Å². The van der Waals surface area contributed by atoms with Gasteiger partial charge in [-0.05, 0) is 31.7 Å². The van der Waals surface area contributed by atoms with Gasteiger partial charge in [-0.1, -0.05) is 0 Å². The first kappa shape index (κ1) is 8.97. The number of fused-ring (bicyclic) bond motifs is 4. The Bertz CT molecular complexity index is 224. The first-order valence-electron chi connectivity index (χ1n) is 6.59. The Hall–Kier alpha value is -0.120. The average Bonchev–Trinajstić information content (AvgIpc) is 2.15. The molecule has 6 fully saturated rings. The predicted octanol–water partition coefficient (Wildman–Crippen LogP) is 0.428. The lowest BCUT2D eigenvalue weighted by Crippen LogP contribution is -2.69. The summed E-state index contributed by atoms with van der Waals surface area (Å²) < 4.78 is 0. The second kappa shape index (κ2) is 3.19. The summed E-state index contributed by atoms with van der Waals surface area (Å²) in [5.41, 5.74) is 0. The second-order valence-electron chi connectivity index (χ2n) is 5.96. The molecule has 0 radical (unpaired) electrons. The van der Waals surface area contributed by atoms with Crippen molar-refractivity contribution < 1.29 is 0 Å². The molecule has 3 heteroatoms. The fourth-order valence-corrected chi connectivity index (χ4v) is 3.78. The number of hydrogen-bond donors (Lipinski definition) is 0. The summed E-state index contributed by atoms with van der Waals surface area (Å²) >= 11 is 0. The normalized spacial score (nSPS) is 49.6. The maximum absolute atomic E-state index is 2.76. The van der Waals surface area contributed by atoms with Crippen LogP contribution < -0.4 is 0 Å². The van der Waals surface area contributed by atoms with Gasteiger partial charge in [-0.15, -0.1) is 0 Å². The van der Waals surface area contributed by atoms with Gasteiger partial charge in [-0.3, -0.25) is 14.7 Å². The van der Waals surface area contributed by atoms with Gasteiger partial charge in [0.2, 0.25) is 0 Å². The molecule has 0 amide bonds. The predicted molar refractivity (Wildman–Crippen MR) is 59.6 cm³/mol. The standard InChI is InChI=1S/C12H21N3/c1-2-14(11-5-10(1)6-11)9-15-4-3-13-7-12(15)8-13/h10-12H,1-9H2. The Morgan fingerprint density at radius 2 is 1.67 bits per heavy atom. The molecule has 0 aromatic heterocycles. The van der Waals surface area contributed by atoms with E-state index in [1.807, 2.05) is 0 Å². The van der Waals surface area contributed by atoms with Crippen LogP contribution in [0.3, 0.4) is 0 Å². The quantitative estimate of drug-likeness (QED) is 0.650. The monoisotopic (exact) mass is 207 g/mol. The van der Waals surface area contributed by atoms with E-state index in [1.165, 1.54) is 58.7 Å². The Kier molecular flexibility index (Phi) is 1.91. The highest BCUT2D eigenvalue weighted by Crippen LogP contribution is 2.39. The molecule has 5 saturated heterocycles. The minimum Gasteiger partial charge on any atom is -0.299 e. The van der Waals surface area contributed by atoms with E-state index < -0.39 is 0 Å². The lowest BCUT2D eigenvalue weighted by molar-refractivity contribution is -0.0857. The van der Waals surface area contributed by atoms with Crippen molar-refractivity contribution in [1.82, 2.24) is 14.7 Å². The Morgan fingerprint density at radius 3 is 2.27 bits per heavy atom. The van der Waals surface area contributed by atoms with Crippen LogP contribution in [-0.2, 0) is 0 Å². The maximum Gasteiger partial charge on any atom is 0.0513 e. The number of nitrogens with zero attached hydrogens (tertiary/aromatic N) is 3. The van der Waals surface area contributed by atoms with E-state index in [9.17, 15) is 0 Å². The molecule has 5 heterocycles. The molecule has 1 aliphatic carbocycles. The van der Waals surface area contributed by atoms with Crippen molar-refractivity contribution in [3.8, 4) is 0 Å². The molecular weight excluding hydrogens is 186 g/mol. The van der Waals surface area contributed by atoms with Crippen molar-refractivity contribution >= 4 is 0 Å². The van der Waals surface area contributed by atoms with Gasteiger partial charge in [0.1, 0.15) is 0 Å². The second-order valence-corrected chi connectivity index (χ2v) is 5.96. The van der Waals surface area contributed by atoms with E-state index in [0.717, 1.165) is 18.0 Å². The molecule has 4 bridgehead atoms. The van der Waals surface area contributed by atoms with Crippen molar-refractivity contribution in [3.05, 3.63) is 0 Å². The van der Waals surface area contributed by atoms with Crippen molar-refractivity contribution in [2.75, 3.05) is 39.4 Å². The van der Waals surface area contributed by atoms with Crippen LogP contribution in [0.15, 0.2) is 0 Å². The molecular formula is C12H21N3. The van der Waals surface area contributed by atoms with Gasteiger partial charge < -0.3 is 0 Å². The van der Waals surface area contributed by atoms with Gasteiger partial charge in [0.25, 0.3) is 0 Å². The number of rotatable bonds is 2. The van der Waals surface area contributed by atoms with Crippen molar-refractivity contribution in [2.24, 2.45) is 5.92 Å². The molecule has 1 saturated carbocycles. The van der Waals surface area contributed by atoms with E-state index in [0.29, 0.717) is 0 Å². The molecule has 0 unspecified atom stereocenters. The first-order chi connectivity index (χ1) is 7.38. The largest absolute Gasteiger partial charge is 0.299 e. The topological polar surface area (TPSA) is 9.72 Å². The average molecular weight is 207 g/mol. The van der Waals surface area contributed by atoms with Gasteiger partial charge in [0.15, 0.2) is 0 Å². The number of piperazine rings is 2. The van der Waals surface area contributed by atoms with Gasteiger partial charge >= 0.3 is 0 Å². The zero-order valence-electron chi connectivity index (χ0n) is 9.44. The summed E-state index contributed by atoms with van der Waals surface area (Å²) in [7, 11) is 0. The summed E-state index contributed by atoms with van der Waals surface area (Å²) in [5.74, 6) is 1.10. The summed E-state index contributed by atoms with van der Waals surface area (Å²) in [6.07, 6.45) is 4.48. The van der Waals surface area contributed by atoms with Crippen LogP contribution in [0.1, 0.15) is 19.3 Å². The highest BCUT2D eigenvalue weighted by atomic mass is 15.4. The Morgan fingerprint density at radius 1 is 0.867 bits per heavy atom. The molecule has 0 atom stereocenters. The van der Waals surface area contributed by atoms with Crippen molar-refractivity contribution in [3.63, 3.8) is 0 Å². The number of piperidine rings is 2. The SMILES string of the molecule is C1CN(CN2CCN3CC2C3)C2CC1C2. The third-order valence-corrected chi connectivity index (χ3v) is 5.07. The molecule has 15 heavy (non-hydrogen) atoms. The summed E-state index contributed by atoms with van der Waals surface area (Å²) in [6, 6.07) is 1.86. The van der Waals surface area contributed by atoms with E-state index >= 15 is 0 Å². The van der Waals surface area contributed by atoms with E-state index in [1.54, 1.807) is 0 Å². The summed E-state index contributed by atoms with van der Waals surface area (Å²) in [6.45, 7) is 7.98. The van der Waals surface area contributed by atoms with Crippen LogP contribution in [0.2, 0.25) is 0 Å². The molecule has 6 aliphatic rings. The van der Waals surface area contributed by atoms with E-state index in [-0.39, 0.29) is 0 Å². The highest BCUT2D eigenvalue weighted by molar-refractivity contribution is 4.96. The van der Waals surface area contributed by atoms with Crippen LogP contribution in [0.4, 0.5) is 0 Å².